The highest BCUT2D eigenvalue weighted by atomic mass is 16.5. The first kappa shape index (κ1) is 13.3. The standard InChI is InChI=1S/C14H28N2O/c1-14(2)6-5-12(13(14)15-3)11-16-7-4-9-17-10-8-16/h12-13,15H,4-11H2,1-3H3. The molecule has 2 unspecified atom stereocenters. The van der Waals surface area contributed by atoms with Gasteiger partial charge in [0, 0.05) is 32.3 Å². The largest absolute Gasteiger partial charge is 0.380 e. The average Bonchev–Trinajstić information content (AvgIpc) is 2.48. The monoisotopic (exact) mass is 240 g/mol. The van der Waals surface area contributed by atoms with Crippen molar-refractivity contribution in [2.24, 2.45) is 11.3 Å². The molecule has 0 aromatic carbocycles. The van der Waals surface area contributed by atoms with E-state index in [1.54, 1.807) is 0 Å². The lowest BCUT2D eigenvalue weighted by molar-refractivity contribution is 0.135. The van der Waals surface area contributed by atoms with Crippen molar-refractivity contribution in [3.8, 4) is 0 Å². The second kappa shape index (κ2) is 5.68. The first-order chi connectivity index (χ1) is 8.13. The third-order valence-electron chi connectivity index (χ3n) is 4.59. The van der Waals surface area contributed by atoms with E-state index in [2.05, 4.69) is 31.1 Å². The molecule has 0 aromatic heterocycles. The third-order valence-corrected chi connectivity index (χ3v) is 4.59. The molecule has 1 saturated heterocycles. The molecular formula is C14H28N2O. The molecule has 2 fully saturated rings. The van der Waals surface area contributed by atoms with Crippen molar-refractivity contribution in [1.82, 2.24) is 10.2 Å². The molecule has 3 nitrogen and oxygen atoms in total. The van der Waals surface area contributed by atoms with Gasteiger partial charge in [-0.2, -0.15) is 0 Å². The molecule has 1 N–H and O–H groups in total. The highest BCUT2D eigenvalue weighted by Crippen LogP contribution is 2.41. The molecule has 1 aliphatic heterocycles. The van der Waals surface area contributed by atoms with Gasteiger partial charge in [0.15, 0.2) is 0 Å². The fourth-order valence-electron chi connectivity index (χ4n) is 3.65. The zero-order valence-corrected chi connectivity index (χ0v) is 11.7. The fourth-order valence-corrected chi connectivity index (χ4v) is 3.65. The summed E-state index contributed by atoms with van der Waals surface area (Å²) in [4.78, 5) is 2.60. The molecule has 1 saturated carbocycles. The van der Waals surface area contributed by atoms with Gasteiger partial charge in [0.25, 0.3) is 0 Å². The van der Waals surface area contributed by atoms with E-state index < -0.39 is 0 Å². The van der Waals surface area contributed by atoms with E-state index in [-0.39, 0.29) is 0 Å². The summed E-state index contributed by atoms with van der Waals surface area (Å²) in [5, 5.41) is 3.55. The molecule has 0 spiro atoms. The van der Waals surface area contributed by atoms with Gasteiger partial charge in [-0.1, -0.05) is 13.8 Å². The Bertz CT molecular complexity index is 234. The van der Waals surface area contributed by atoms with Crippen molar-refractivity contribution < 1.29 is 4.74 Å². The zero-order valence-electron chi connectivity index (χ0n) is 11.7. The van der Waals surface area contributed by atoms with Gasteiger partial charge in [0.05, 0.1) is 6.61 Å². The Morgan fingerprint density at radius 3 is 2.88 bits per heavy atom. The molecule has 0 aromatic rings. The van der Waals surface area contributed by atoms with Crippen molar-refractivity contribution >= 4 is 0 Å². The minimum absolute atomic E-state index is 0.460. The topological polar surface area (TPSA) is 24.5 Å². The van der Waals surface area contributed by atoms with Crippen LogP contribution in [0.2, 0.25) is 0 Å². The van der Waals surface area contributed by atoms with Crippen LogP contribution in [-0.2, 0) is 4.74 Å². The van der Waals surface area contributed by atoms with E-state index in [1.807, 2.05) is 0 Å². The van der Waals surface area contributed by atoms with Crippen molar-refractivity contribution in [2.45, 2.75) is 39.2 Å². The second-order valence-corrected chi connectivity index (χ2v) is 6.32. The Hall–Kier alpha value is -0.120. The lowest BCUT2D eigenvalue weighted by Gasteiger charge is -2.33. The van der Waals surface area contributed by atoms with Gasteiger partial charge in [0.1, 0.15) is 0 Å². The number of rotatable bonds is 3. The van der Waals surface area contributed by atoms with Crippen LogP contribution in [0.3, 0.4) is 0 Å². The molecule has 3 heteroatoms. The van der Waals surface area contributed by atoms with Gasteiger partial charge in [-0.3, -0.25) is 0 Å². The van der Waals surface area contributed by atoms with Crippen LogP contribution in [0.25, 0.3) is 0 Å². The van der Waals surface area contributed by atoms with Gasteiger partial charge in [0.2, 0.25) is 0 Å². The summed E-state index contributed by atoms with van der Waals surface area (Å²) in [5.41, 5.74) is 0.460. The van der Waals surface area contributed by atoms with Crippen molar-refractivity contribution in [3.05, 3.63) is 0 Å². The lowest BCUT2D eigenvalue weighted by Crippen LogP contribution is -2.44. The molecule has 17 heavy (non-hydrogen) atoms. The van der Waals surface area contributed by atoms with Crippen molar-refractivity contribution in [1.29, 1.82) is 0 Å². The maximum atomic E-state index is 5.53. The van der Waals surface area contributed by atoms with Crippen LogP contribution >= 0.6 is 0 Å². The Morgan fingerprint density at radius 2 is 2.12 bits per heavy atom. The maximum Gasteiger partial charge on any atom is 0.0593 e. The molecule has 2 aliphatic rings. The van der Waals surface area contributed by atoms with Crippen LogP contribution < -0.4 is 5.32 Å². The SMILES string of the molecule is CNC1C(CN2CCCOCC2)CCC1(C)C. The van der Waals surface area contributed by atoms with E-state index >= 15 is 0 Å². The molecule has 0 bridgehead atoms. The van der Waals surface area contributed by atoms with E-state index in [1.165, 1.54) is 32.4 Å². The second-order valence-electron chi connectivity index (χ2n) is 6.32. The summed E-state index contributed by atoms with van der Waals surface area (Å²) in [5.74, 6) is 0.813. The normalized spacial score (nSPS) is 34.8. The Morgan fingerprint density at radius 1 is 1.29 bits per heavy atom. The molecule has 100 valence electrons. The zero-order chi connectivity index (χ0) is 12.3. The van der Waals surface area contributed by atoms with Gasteiger partial charge in [-0.15, -0.1) is 0 Å². The lowest BCUT2D eigenvalue weighted by atomic mass is 9.85. The van der Waals surface area contributed by atoms with Crippen LogP contribution in [0.1, 0.15) is 33.1 Å². The minimum atomic E-state index is 0.460. The van der Waals surface area contributed by atoms with E-state index in [0.29, 0.717) is 11.5 Å². The minimum Gasteiger partial charge on any atom is -0.380 e. The van der Waals surface area contributed by atoms with Crippen molar-refractivity contribution in [3.63, 3.8) is 0 Å². The first-order valence-electron chi connectivity index (χ1n) is 7.11. The highest BCUT2D eigenvalue weighted by molar-refractivity contribution is 4.96. The first-order valence-corrected chi connectivity index (χ1v) is 7.11. The predicted molar refractivity (Wildman–Crippen MR) is 71.2 cm³/mol. The molecule has 0 radical (unpaired) electrons. The van der Waals surface area contributed by atoms with Crippen LogP contribution in [0.15, 0.2) is 0 Å². The summed E-state index contributed by atoms with van der Waals surface area (Å²) in [6.45, 7) is 10.3. The van der Waals surface area contributed by atoms with E-state index in [4.69, 9.17) is 4.74 Å². The molecule has 2 atom stereocenters. The molecular weight excluding hydrogens is 212 g/mol. The fraction of sp³-hybridized carbons (Fsp3) is 1.00. The smallest absolute Gasteiger partial charge is 0.0593 e. The number of hydrogen-bond donors (Lipinski definition) is 1. The van der Waals surface area contributed by atoms with Crippen LogP contribution in [0, 0.1) is 11.3 Å². The maximum absolute atomic E-state index is 5.53. The van der Waals surface area contributed by atoms with Crippen molar-refractivity contribution in [2.75, 3.05) is 39.9 Å². The summed E-state index contributed by atoms with van der Waals surface area (Å²) in [6, 6.07) is 0.673. The van der Waals surface area contributed by atoms with Gasteiger partial charge in [-0.25, -0.2) is 0 Å². The number of nitrogens with one attached hydrogen (secondary N) is 1. The van der Waals surface area contributed by atoms with Gasteiger partial charge in [-0.05, 0) is 37.6 Å². The highest BCUT2D eigenvalue weighted by Gasteiger charge is 2.41. The predicted octanol–water partition coefficient (Wildman–Crippen LogP) is 1.73. The van der Waals surface area contributed by atoms with E-state index in [9.17, 15) is 0 Å². The molecule has 1 heterocycles. The Labute approximate surface area is 106 Å². The van der Waals surface area contributed by atoms with Gasteiger partial charge >= 0.3 is 0 Å². The summed E-state index contributed by atoms with van der Waals surface area (Å²) in [6.07, 6.45) is 3.92. The van der Waals surface area contributed by atoms with E-state index in [0.717, 1.165) is 25.7 Å². The summed E-state index contributed by atoms with van der Waals surface area (Å²) >= 11 is 0. The average molecular weight is 240 g/mol. The quantitative estimate of drug-likeness (QED) is 0.813. The Balaban J connectivity index is 1.89. The Kier molecular flexibility index (Phi) is 4.45. The summed E-state index contributed by atoms with van der Waals surface area (Å²) < 4.78 is 5.53. The summed E-state index contributed by atoms with van der Waals surface area (Å²) in [7, 11) is 2.12. The number of nitrogens with zero attached hydrogens (tertiary/aromatic N) is 1. The molecule has 2 rings (SSSR count). The van der Waals surface area contributed by atoms with Crippen LogP contribution in [0.5, 0.6) is 0 Å². The van der Waals surface area contributed by atoms with Gasteiger partial charge < -0.3 is 15.0 Å². The number of ether oxygens (including phenoxy) is 1. The molecule has 0 amide bonds. The van der Waals surface area contributed by atoms with Crippen LogP contribution in [-0.4, -0.2) is 50.8 Å². The third kappa shape index (κ3) is 3.21. The molecule has 1 aliphatic carbocycles. The van der Waals surface area contributed by atoms with Crippen LogP contribution in [0.4, 0.5) is 0 Å². The number of hydrogen-bond acceptors (Lipinski definition) is 3.